The van der Waals surface area contributed by atoms with Gasteiger partial charge in [0.15, 0.2) is 11.0 Å². The van der Waals surface area contributed by atoms with Gasteiger partial charge in [0.25, 0.3) is 5.91 Å². The number of hydrogen-bond donors (Lipinski definition) is 1. The van der Waals surface area contributed by atoms with Crippen molar-refractivity contribution in [1.29, 1.82) is 0 Å². The number of amides is 1. The van der Waals surface area contributed by atoms with Gasteiger partial charge in [-0.3, -0.25) is 10.1 Å². The maximum absolute atomic E-state index is 13.0. The van der Waals surface area contributed by atoms with Gasteiger partial charge in [-0.05, 0) is 62.6 Å². The first-order valence-corrected chi connectivity index (χ1v) is 13.7. The lowest BCUT2D eigenvalue weighted by atomic mass is 10.1. The first-order valence-electron chi connectivity index (χ1n) is 12.9. The molecule has 9 heteroatoms. The molecule has 2 aromatic heterocycles. The van der Waals surface area contributed by atoms with Crippen LogP contribution in [0.25, 0.3) is 11.4 Å². The third-order valence-electron chi connectivity index (χ3n) is 6.28. The number of anilines is 1. The predicted molar refractivity (Wildman–Crippen MR) is 149 cm³/mol. The number of ether oxygens (including phenoxy) is 2. The Bertz CT molecular complexity index is 1410. The molecular weight excluding hydrogens is 498 g/mol. The number of nitrogens with zero attached hydrogens (tertiary/aromatic N) is 4. The zero-order valence-electron chi connectivity index (χ0n) is 21.5. The molecule has 38 heavy (non-hydrogen) atoms. The van der Waals surface area contributed by atoms with Crippen molar-refractivity contribution in [3.63, 3.8) is 0 Å². The SMILES string of the molecule is C=CCCOc1cc(Oc2ccc(-c3nnc4n3CCCCCC4)cc2)cc(C(=O)Nc2ncc(C)s2)c1. The van der Waals surface area contributed by atoms with Crippen molar-refractivity contribution in [2.75, 3.05) is 11.9 Å². The zero-order valence-corrected chi connectivity index (χ0v) is 22.3. The summed E-state index contributed by atoms with van der Waals surface area (Å²) in [6.45, 7) is 7.08. The summed E-state index contributed by atoms with van der Waals surface area (Å²) in [7, 11) is 0. The summed E-state index contributed by atoms with van der Waals surface area (Å²) in [5.74, 6) is 3.36. The number of aromatic nitrogens is 4. The largest absolute Gasteiger partial charge is 0.493 e. The van der Waals surface area contributed by atoms with Crippen LogP contribution in [0.1, 0.15) is 53.2 Å². The maximum atomic E-state index is 13.0. The molecule has 196 valence electrons. The van der Waals surface area contributed by atoms with E-state index in [0.717, 1.165) is 47.9 Å². The minimum atomic E-state index is -0.281. The second kappa shape index (κ2) is 12.0. The first kappa shape index (κ1) is 25.7. The number of hydrogen-bond acceptors (Lipinski definition) is 7. The van der Waals surface area contributed by atoms with E-state index in [0.29, 0.717) is 41.0 Å². The third kappa shape index (κ3) is 6.28. The van der Waals surface area contributed by atoms with Crippen LogP contribution in [0.3, 0.4) is 0 Å². The quantitative estimate of drug-likeness (QED) is 0.189. The molecule has 0 atom stereocenters. The van der Waals surface area contributed by atoms with E-state index in [2.05, 4.69) is 31.6 Å². The second-order valence-corrected chi connectivity index (χ2v) is 10.5. The number of thiazole rings is 1. The van der Waals surface area contributed by atoms with E-state index in [-0.39, 0.29) is 5.91 Å². The second-order valence-electron chi connectivity index (χ2n) is 9.23. The molecule has 0 aliphatic carbocycles. The Morgan fingerprint density at radius 3 is 2.68 bits per heavy atom. The van der Waals surface area contributed by atoms with Crippen molar-refractivity contribution in [3.05, 3.63) is 77.6 Å². The Morgan fingerprint density at radius 2 is 1.89 bits per heavy atom. The van der Waals surface area contributed by atoms with Gasteiger partial charge in [-0.2, -0.15) is 0 Å². The van der Waals surface area contributed by atoms with Crippen molar-refractivity contribution >= 4 is 22.4 Å². The molecule has 2 aromatic carbocycles. The number of rotatable bonds is 9. The van der Waals surface area contributed by atoms with Gasteiger partial charge < -0.3 is 14.0 Å². The average Bonchev–Trinajstić information content (AvgIpc) is 3.49. The van der Waals surface area contributed by atoms with Crippen LogP contribution in [0, 0.1) is 6.92 Å². The van der Waals surface area contributed by atoms with Crippen molar-refractivity contribution < 1.29 is 14.3 Å². The lowest BCUT2D eigenvalue weighted by Gasteiger charge is -2.14. The van der Waals surface area contributed by atoms with Gasteiger partial charge in [-0.25, -0.2) is 4.98 Å². The topological polar surface area (TPSA) is 91.2 Å². The van der Waals surface area contributed by atoms with E-state index in [1.54, 1.807) is 30.5 Å². The summed E-state index contributed by atoms with van der Waals surface area (Å²) in [6, 6.07) is 13.0. The van der Waals surface area contributed by atoms with Crippen LogP contribution in [-0.4, -0.2) is 32.3 Å². The number of nitrogens with one attached hydrogen (secondary N) is 1. The van der Waals surface area contributed by atoms with Crippen LogP contribution < -0.4 is 14.8 Å². The van der Waals surface area contributed by atoms with Gasteiger partial charge in [-0.1, -0.05) is 18.9 Å². The fraction of sp³-hybridized carbons (Fsp3) is 0.310. The molecule has 0 saturated heterocycles. The molecule has 3 heterocycles. The van der Waals surface area contributed by atoms with Crippen LogP contribution >= 0.6 is 11.3 Å². The fourth-order valence-electron chi connectivity index (χ4n) is 4.37. The van der Waals surface area contributed by atoms with E-state index in [1.165, 1.54) is 24.2 Å². The van der Waals surface area contributed by atoms with Crippen LogP contribution in [0.15, 0.2) is 61.3 Å². The minimum Gasteiger partial charge on any atom is -0.493 e. The van der Waals surface area contributed by atoms with E-state index < -0.39 is 0 Å². The third-order valence-corrected chi connectivity index (χ3v) is 7.11. The number of fused-ring (bicyclic) bond motifs is 1. The first-order chi connectivity index (χ1) is 18.6. The number of carbonyl (C=O) groups is 1. The van der Waals surface area contributed by atoms with Gasteiger partial charge >= 0.3 is 0 Å². The summed E-state index contributed by atoms with van der Waals surface area (Å²) >= 11 is 1.42. The van der Waals surface area contributed by atoms with Crippen LogP contribution in [-0.2, 0) is 13.0 Å². The standard InChI is InChI=1S/C29H31N5O3S/c1-3-4-15-36-24-16-22(28(35)31-29-30-19-20(2)38-29)17-25(18-24)37-23-12-10-21(11-13-23)27-33-32-26-9-7-5-6-8-14-34(26)27/h3,10-13,16-19H,1,4-9,14-15H2,2H3,(H,30,31,35). The molecule has 1 aliphatic heterocycles. The summed E-state index contributed by atoms with van der Waals surface area (Å²) < 4.78 is 14.2. The lowest BCUT2D eigenvalue weighted by molar-refractivity contribution is 0.102. The smallest absolute Gasteiger partial charge is 0.257 e. The number of carbonyl (C=O) groups excluding carboxylic acids is 1. The van der Waals surface area contributed by atoms with Crippen LogP contribution in [0.4, 0.5) is 5.13 Å². The van der Waals surface area contributed by atoms with Crippen LogP contribution in [0.5, 0.6) is 17.2 Å². The normalized spacial score (nSPS) is 13.2. The van der Waals surface area contributed by atoms with E-state index in [4.69, 9.17) is 9.47 Å². The Morgan fingerprint density at radius 1 is 1.08 bits per heavy atom. The maximum Gasteiger partial charge on any atom is 0.257 e. The molecule has 1 aliphatic rings. The zero-order chi connectivity index (χ0) is 26.3. The molecule has 1 N–H and O–H groups in total. The van der Waals surface area contributed by atoms with Gasteiger partial charge in [0.1, 0.15) is 23.1 Å². The summed E-state index contributed by atoms with van der Waals surface area (Å²) in [6.07, 6.45) is 9.97. The van der Waals surface area contributed by atoms with Gasteiger partial charge in [0.2, 0.25) is 0 Å². The van der Waals surface area contributed by atoms with Gasteiger partial charge in [-0.15, -0.1) is 28.1 Å². The fourth-order valence-corrected chi connectivity index (χ4v) is 5.03. The molecule has 4 aromatic rings. The average molecular weight is 530 g/mol. The van der Waals surface area contributed by atoms with E-state index in [1.807, 2.05) is 31.2 Å². The Labute approximate surface area is 226 Å². The highest BCUT2D eigenvalue weighted by Crippen LogP contribution is 2.30. The molecule has 0 saturated carbocycles. The Hall–Kier alpha value is -3.98. The monoisotopic (exact) mass is 529 g/mol. The van der Waals surface area contributed by atoms with Crippen molar-refractivity contribution in [2.24, 2.45) is 0 Å². The van der Waals surface area contributed by atoms with Crippen molar-refractivity contribution in [2.45, 2.75) is 52.0 Å². The lowest BCUT2D eigenvalue weighted by Crippen LogP contribution is -2.12. The van der Waals surface area contributed by atoms with Crippen LogP contribution in [0.2, 0.25) is 0 Å². The Balaban J connectivity index is 1.35. The molecule has 0 radical (unpaired) electrons. The summed E-state index contributed by atoms with van der Waals surface area (Å²) in [4.78, 5) is 18.2. The molecule has 5 rings (SSSR count). The highest BCUT2D eigenvalue weighted by Gasteiger charge is 2.16. The molecule has 8 nitrogen and oxygen atoms in total. The number of benzene rings is 2. The molecule has 0 fully saturated rings. The molecule has 0 spiro atoms. The predicted octanol–water partition coefficient (Wildman–Crippen LogP) is 6.83. The summed E-state index contributed by atoms with van der Waals surface area (Å²) in [5, 5.41) is 12.3. The molecule has 0 unspecified atom stereocenters. The minimum absolute atomic E-state index is 0.281. The van der Waals surface area contributed by atoms with E-state index in [9.17, 15) is 4.79 Å². The van der Waals surface area contributed by atoms with Crippen molar-refractivity contribution in [1.82, 2.24) is 19.7 Å². The van der Waals surface area contributed by atoms with E-state index >= 15 is 0 Å². The molecule has 1 amide bonds. The number of aryl methyl sites for hydroxylation is 2. The summed E-state index contributed by atoms with van der Waals surface area (Å²) in [5.41, 5.74) is 1.42. The molecular formula is C29H31N5O3S. The van der Waals surface area contributed by atoms with Gasteiger partial charge in [0.05, 0.1) is 6.61 Å². The Kier molecular flexibility index (Phi) is 8.13. The highest BCUT2D eigenvalue weighted by molar-refractivity contribution is 7.15. The highest BCUT2D eigenvalue weighted by atomic mass is 32.1. The van der Waals surface area contributed by atoms with Gasteiger partial charge in [0, 0.05) is 41.2 Å². The molecule has 0 bridgehead atoms. The van der Waals surface area contributed by atoms with Crippen molar-refractivity contribution in [3.8, 4) is 28.6 Å².